The Labute approximate surface area is 108 Å². The molecular weight excluding hydrogens is 259 g/mol. The topological polar surface area (TPSA) is 90.7 Å². The van der Waals surface area contributed by atoms with Crippen LogP contribution in [0.4, 0.5) is 15.8 Å². The molecule has 1 atom stereocenters. The van der Waals surface area contributed by atoms with E-state index in [0.29, 0.717) is 0 Å². The summed E-state index contributed by atoms with van der Waals surface area (Å²) in [7, 11) is 2.43. The summed E-state index contributed by atoms with van der Waals surface area (Å²) >= 11 is 0. The van der Waals surface area contributed by atoms with Gasteiger partial charge in [0, 0.05) is 6.07 Å². The molecule has 0 radical (unpaired) electrons. The number of benzene rings is 1. The number of nitro groups is 1. The lowest BCUT2D eigenvalue weighted by Gasteiger charge is -2.14. The molecule has 0 spiro atoms. The molecule has 0 aliphatic heterocycles. The monoisotopic (exact) mass is 272 g/mol. The second-order valence-corrected chi connectivity index (χ2v) is 3.65. The first-order chi connectivity index (χ1) is 8.90. The first kappa shape index (κ1) is 14.7. The minimum absolute atomic E-state index is 0.0830. The normalized spacial score (nSPS) is 11.6. The van der Waals surface area contributed by atoms with E-state index in [4.69, 9.17) is 4.74 Å². The maximum absolute atomic E-state index is 13.7. The zero-order valence-electron chi connectivity index (χ0n) is 10.6. The highest BCUT2D eigenvalue weighted by atomic mass is 19.1. The van der Waals surface area contributed by atoms with E-state index in [2.05, 4.69) is 10.1 Å². The van der Waals surface area contributed by atoms with Crippen molar-refractivity contribution in [2.24, 2.45) is 0 Å². The smallest absolute Gasteiger partial charge is 0.327 e. The van der Waals surface area contributed by atoms with E-state index in [0.717, 1.165) is 12.1 Å². The second-order valence-electron chi connectivity index (χ2n) is 3.65. The fraction of sp³-hybridized carbons (Fsp3) is 0.364. The molecule has 0 amide bonds. The number of ether oxygens (including phenoxy) is 2. The maximum atomic E-state index is 13.7. The van der Waals surface area contributed by atoms with Gasteiger partial charge < -0.3 is 14.8 Å². The summed E-state index contributed by atoms with van der Waals surface area (Å²) in [6.07, 6.45) is 0. The van der Waals surface area contributed by atoms with Crippen molar-refractivity contribution in [3.8, 4) is 5.75 Å². The summed E-state index contributed by atoms with van der Waals surface area (Å²) in [5.74, 6) is -1.55. The Hall–Kier alpha value is -2.38. The highest BCUT2D eigenvalue weighted by Crippen LogP contribution is 2.32. The van der Waals surface area contributed by atoms with Crippen LogP contribution in [0.25, 0.3) is 0 Å². The number of methoxy groups -OCH3 is 2. The summed E-state index contributed by atoms with van der Waals surface area (Å²) in [5.41, 5.74) is -0.573. The Morgan fingerprint density at radius 1 is 1.47 bits per heavy atom. The van der Waals surface area contributed by atoms with Crippen LogP contribution in [0.1, 0.15) is 6.92 Å². The van der Waals surface area contributed by atoms with Crippen LogP contribution in [0.3, 0.4) is 0 Å². The summed E-state index contributed by atoms with van der Waals surface area (Å²) < 4.78 is 23.0. The Bertz CT molecular complexity index is 506. The lowest BCUT2D eigenvalue weighted by atomic mass is 10.2. The zero-order chi connectivity index (χ0) is 14.6. The third kappa shape index (κ3) is 3.30. The van der Waals surface area contributed by atoms with Crippen molar-refractivity contribution >= 4 is 17.3 Å². The number of halogens is 1. The molecule has 0 aromatic heterocycles. The third-order valence-corrected chi connectivity index (χ3v) is 2.39. The molecule has 0 heterocycles. The molecular formula is C11H13FN2O5. The van der Waals surface area contributed by atoms with E-state index >= 15 is 0 Å². The number of esters is 1. The standard InChI is InChI=1S/C11H13FN2O5/c1-6(11(15)19-3)13-8-5-10(18-2)9(14(16)17)4-7(8)12/h4-6,13H,1-3H3. The van der Waals surface area contributed by atoms with Crippen molar-refractivity contribution in [3.05, 3.63) is 28.1 Å². The van der Waals surface area contributed by atoms with Gasteiger partial charge in [-0.15, -0.1) is 0 Å². The van der Waals surface area contributed by atoms with E-state index in [1.54, 1.807) is 0 Å². The number of rotatable bonds is 5. The van der Waals surface area contributed by atoms with Crippen molar-refractivity contribution in [1.29, 1.82) is 0 Å². The van der Waals surface area contributed by atoms with Crippen molar-refractivity contribution in [3.63, 3.8) is 0 Å². The van der Waals surface area contributed by atoms with Crippen molar-refractivity contribution < 1.29 is 23.6 Å². The molecule has 0 aliphatic rings. The minimum Gasteiger partial charge on any atom is -0.490 e. The van der Waals surface area contributed by atoms with Gasteiger partial charge in [-0.2, -0.15) is 0 Å². The first-order valence-corrected chi connectivity index (χ1v) is 5.27. The van der Waals surface area contributed by atoms with Gasteiger partial charge in [0.25, 0.3) is 0 Å². The molecule has 0 saturated carbocycles. The van der Waals surface area contributed by atoms with E-state index in [1.165, 1.54) is 21.1 Å². The SMILES string of the molecule is COC(=O)C(C)Nc1cc(OC)c([N+](=O)[O-])cc1F. The van der Waals surface area contributed by atoms with Crippen molar-refractivity contribution in [2.45, 2.75) is 13.0 Å². The summed E-state index contributed by atoms with van der Waals surface area (Å²) in [4.78, 5) is 21.1. The van der Waals surface area contributed by atoms with Crippen LogP contribution in [-0.4, -0.2) is 31.2 Å². The number of nitrogens with one attached hydrogen (secondary N) is 1. The Morgan fingerprint density at radius 3 is 2.58 bits per heavy atom. The van der Waals surface area contributed by atoms with Crippen LogP contribution in [0.5, 0.6) is 5.75 Å². The predicted octanol–water partition coefficient (Wildman–Crippen LogP) is 1.72. The van der Waals surface area contributed by atoms with Gasteiger partial charge in [0.15, 0.2) is 11.6 Å². The van der Waals surface area contributed by atoms with Gasteiger partial charge in [-0.1, -0.05) is 0 Å². The van der Waals surface area contributed by atoms with Gasteiger partial charge >= 0.3 is 11.7 Å². The van der Waals surface area contributed by atoms with Gasteiger partial charge in [-0.3, -0.25) is 10.1 Å². The predicted molar refractivity (Wildman–Crippen MR) is 64.7 cm³/mol. The van der Waals surface area contributed by atoms with E-state index < -0.39 is 28.4 Å². The Balaban J connectivity index is 3.09. The number of hydrogen-bond acceptors (Lipinski definition) is 6. The highest BCUT2D eigenvalue weighted by molar-refractivity contribution is 5.79. The van der Waals surface area contributed by atoms with Crippen LogP contribution in [-0.2, 0) is 9.53 Å². The minimum atomic E-state index is -0.858. The van der Waals surface area contributed by atoms with Gasteiger partial charge in [0.2, 0.25) is 0 Å². The van der Waals surface area contributed by atoms with Crippen LogP contribution in [0.15, 0.2) is 12.1 Å². The van der Waals surface area contributed by atoms with Gasteiger partial charge in [-0.25, -0.2) is 9.18 Å². The van der Waals surface area contributed by atoms with Crippen LogP contribution >= 0.6 is 0 Å². The molecule has 7 nitrogen and oxygen atoms in total. The molecule has 1 aromatic carbocycles. The van der Waals surface area contributed by atoms with Gasteiger partial charge in [-0.05, 0) is 6.92 Å². The number of nitro benzene ring substituents is 1. The zero-order valence-corrected chi connectivity index (χ0v) is 10.6. The molecule has 1 N–H and O–H groups in total. The number of nitrogens with zero attached hydrogens (tertiary/aromatic N) is 1. The van der Waals surface area contributed by atoms with E-state index in [-0.39, 0.29) is 11.4 Å². The fourth-order valence-corrected chi connectivity index (χ4v) is 1.43. The molecule has 0 aliphatic carbocycles. The third-order valence-electron chi connectivity index (χ3n) is 2.39. The van der Waals surface area contributed by atoms with Gasteiger partial charge in [0.05, 0.1) is 30.9 Å². The van der Waals surface area contributed by atoms with Gasteiger partial charge in [0.1, 0.15) is 6.04 Å². The molecule has 19 heavy (non-hydrogen) atoms. The lowest BCUT2D eigenvalue weighted by molar-refractivity contribution is -0.385. The summed E-state index contributed by atoms with van der Waals surface area (Å²) in [6.45, 7) is 1.47. The molecule has 104 valence electrons. The van der Waals surface area contributed by atoms with Crippen LogP contribution < -0.4 is 10.1 Å². The molecule has 0 saturated heterocycles. The second kappa shape index (κ2) is 5.98. The average molecular weight is 272 g/mol. The summed E-state index contributed by atoms with van der Waals surface area (Å²) in [6, 6.07) is 1.04. The number of carbonyl (C=O) groups is 1. The maximum Gasteiger partial charge on any atom is 0.327 e. The molecule has 0 bridgehead atoms. The number of hydrogen-bond donors (Lipinski definition) is 1. The Kier molecular flexibility index (Phi) is 4.62. The number of anilines is 1. The quantitative estimate of drug-likeness (QED) is 0.498. The number of carbonyl (C=O) groups excluding carboxylic acids is 1. The van der Waals surface area contributed by atoms with Crippen LogP contribution in [0, 0.1) is 15.9 Å². The van der Waals surface area contributed by atoms with Crippen molar-refractivity contribution in [1.82, 2.24) is 0 Å². The Morgan fingerprint density at radius 2 is 2.11 bits per heavy atom. The first-order valence-electron chi connectivity index (χ1n) is 5.27. The molecule has 0 fully saturated rings. The van der Waals surface area contributed by atoms with Crippen LogP contribution in [0.2, 0.25) is 0 Å². The molecule has 1 unspecified atom stereocenters. The fourth-order valence-electron chi connectivity index (χ4n) is 1.43. The molecule has 8 heteroatoms. The average Bonchev–Trinajstić information content (AvgIpc) is 2.39. The molecule has 1 rings (SSSR count). The van der Waals surface area contributed by atoms with Crippen molar-refractivity contribution in [2.75, 3.05) is 19.5 Å². The largest absolute Gasteiger partial charge is 0.490 e. The van der Waals surface area contributed by atoms with E-state index in [9.17, 15) is 19.3 Å². The van der Waals surface area contributed by atoms with E-state index in [1.807, 2.05) is 0 Å². The summed E-state index contributed by atoms with van der Waals surface area (Å²) in [5, 5.41) is 13.2. The molecule has 1 aromatic rings. The highest BCUT2D eigenvalue weighted by Gasteiger charge is 2.21. The lowest BCUT2D eigenvalue weighted by Crippen LogP contribution is -2.27.